The van der Waals surface area contributed by atoms with Crippen LogP contribution in [-0.2, 0) is 9.59 Å². The highest BCUT2D eigenvalue weighted by Crippen LogP contribution is 2.37. The maximum Gasteiger partial charge on any atom is 0.307 e. The number of amides is 1. The maximum atomic E-state index is 12.3. The van der Waals surface area contributed by atoms with Gasteiger partial charge in [0.2, 0.25) is 5.91 Å². The lowest BCUT2D eigenvalue weighted by molar-refractivity contribution is -0.146. The third-order valence-corrected chi connectivity index (χ3v) is 5.70. The molecule has 5 unspecified atom stereocenters. The molecular weight excluding hydrogens is 262 g/mol. The van der Waals surface area contributed by atoms with E-state index in [1.807, 2.05) is 6.92 Å². The second-order valence-corrected chi connectivity index (χ2v) is 7.02. The molecular formula is C14H23NO3S. The van der Waals surface area contributed by atoms with Crippen molar-refractivity contribution in [2.24, 2.45) is 17.8 Å². The molecule has 0 saturated heterocycles. The van der Waals surface area contributed by atoms with Crippen LogP contribution in [0, 0.1) is 17.8 Å². The van der Waals surface area contributed by atoms with Gasteiger partial charge in [0.15, 0.2) is 0 Å². The highest BCUT2D eigenvalue weighted by molar-refractivity contribution is 7.99. The van der Waals surface area contributed by atoms with Crippen molar-refractivity contribution in [3.63, 3.8) is 0 Å². The summed E-state index contributed by atoms with van der Waals surface area (Å²) in [5.74, 6) is -1.36. The number of thioether (sulfide) groups is 1. The maximum absolute atomic E-state index is 12.3. The molecule has 2 aliphatic carbocycles. The van der Waals surface area contributed by atoms with Crippen LogP contribution in [0.3, 0.4) is 0 Å². The summed E-state index contributed by atoms with van der Waals surface area (Å²) in [7, 11) is 0. The number of carboxylic acids is 1. The predicted octanol–water partition coefficient (Wildman–Crippen LogP) is 2.13. The average Bonchev–Trinajstić information content (AvgIpc) is 2.95. The Labute approximate surface area is 118 Å². The van der Waals surface area contributed by atoms with Gasteiger partial charge in [-0.15, -0.1) is 0 Å². The standard InChI is InChI=1S/C14H23NO3S/c1-8-6-9(10(7-8)14(17)18)13(16)15-11-4-3-5-12(11)19-2/h8-12H,3-7H2,1-2H3,(H,15,16)(H,17,18). The zero-order chi connectivity index (χ0) is 14.0. The summed E-state index contributed by atoms with van der Waals surface area (Å²) in [4.78, 5) is 23.6. The van der Waals surface area contributed by atoms with Gasteiger partial charge in [-0.3, -0.25) is 9.59 Å². The molecule has 2 aliphatic rings. The Morgan fingerprint density at radius 1 is 1.21 bits per heavy atom. The van der Waals surface area contributed by atoms with Crippen LogP contribution in [0.4, 0.5) is 0 Å². The molecule has 0 spiro atoms. The van der Waals surface area contributed by atoms with Crippen molar-refractivity contribution in [1.29, 1.82) is 0 Å². The van der Waals surface area contributed by atoms with Crippen molar-refractivity contribution in [3.05, 3.63) is 0 Å². The summed E-state index contributed by atoms with van der Waals surface area (Å²) in [6, 6.07) is 0.229. The second-order valence-electron chi connectivity index (χ2n) is 5.95. The fraction of sp³-hybridized carbons (Fsp3) is 0.857. The van der Waals surface area contributed by atoms with E-state index in [9.17, 15) is 14.7 Å². The molecule has 0 aromatic rings. The minimum atomic E-state index is -0.822. The Kier molecular flexibility index (Phi) is 4.76. The lowest BCUT2D eigenvalue weighted by Gasteiger charge is -2.23. The van der Waals surface area contributed by atoms with Gasteiger partial charge >= 0.3 is 5.97 Å². The molecule has 2 fully saturated rings. The van der Waals surface area contributed by atoms with Gasteiger partial charge in [-0.2, -0.15) is 11.8 Å². The van der Waals surface area contributed by atoms with Gasteiger partial charge in [0.1, 0.15) is 0 Å². The number of nitrogens with one attached hydrogen (secondary N) is 1. The first-order valence-corrected chi connectivity index (χ1v) is 8.37. The van der Waals surface area contributed by atoms with E-state index in [2.05, 4.69) is 11.6 Å². The van der Waals surface area contributed by atoms with E-state index in [-0.39, 0.29) is 17.9 Å². The highest BCUT2D eigenvalue weighted by atomic mass is 32.2. The molecule has 108 valence electrons. The first-order valence-electron chi connectivity index (χ1n) is 7.09. The van der Waals surface area contributed by atoms with Crippen LogP contribution in [0.25, 0.3) is 0 Å². The van der Waals surface area contributed by atoms with Crippen LogP contribution < -0.4 is 5.32 Å². The van der Waals surface area contributed by atoms with E-state index in [1.165, 1.54) is 0 Å². The second kappa shape index (κ2) is 6.16. The number of carbonyl (C=O) groups excluding carboxylic acids is 1. The molecule has 0 aromatic heterocycles. The first kappa shape index (κ1) is 14.7. The lowest BCUT2D eigenvalue weighted by Crippen LogP contribution is -2.43. The van der Waals surface area contributed by atoms with Crippen molar-refractivity contribution in [2.45, 2.75) is 50.3 Å². The van der Waals surface area contributed by atoms with E-state index < -0.39 is 11.9 Å². The SMILES string of the molecule is CSC1CCCC1NC(=O)C1CC(C)CC1C(=O)O. The molecule has 2 N–H and O–H groups in total. The van der Waals surface area contributed by atoms with Gasteiger partial charge in [-0.25, -0.2) is 0 Å². The predicted molar refractivity (Wildman–Crippen MR) is 76.1 cm³/mol. The third kappa shape index (κ3) is 3.25. The van der Waals surface area contributed by atoms with Crippen molar-refractivity contribution >= 4 is 23.6 Å². The summed E-state index contributed by atoms with van der Waals surface area (Å²) >= 11 is 1.80. The van der Waals surface area contributed by atoms with Crippen molar-refractivity contribution < 1.29 is 14.7 Å². The monoisotopic (exact) mass is 285 g/mol. The normalized spacial score (nSPS) is 38.3. The van der Waals surface area contributed by atoms with Gasteiger partial charge in [0, 0.05) is 11.3 Å². The van der Waals surface area contributed by atoms with Crippen LogP contribution in [-0.4, -0.2) is 34.5 Å². The fourth-order valence-electron chi connectivity index (χ4n) is 3.52. The molecule has 0 radical (unpaired) electrons. The number of hydrogen-bond acceptors (Lipinski definition) is 3. The Morgan fingerprint density at radius 2 is 1.89 bits per heavy atom. The molecule has 0 bridgehead atoms. The van der Waals surface area contributed by atoms with Crippen molar-refractivity contribution in [2.75, 3.05) is 6.26 Å². The zero-order valence-corrected chi connectivity index (χ0v) is 12.4. The summed E-state index contributed by atoms with van der Waals surface area (Å²) in [5.41, 5.74) is 0. The summed E-state index contributed by atoms with van der Waals surface area (Å²) in [6.45, 7) is 2.03. The molecule has 5 atom stereocenters. The van der Waals surface area contributed by atoms with Crippen LogP contribution in [0.15, 0.2) is 0 Å². The van der Waals surface area contributed by atoms with E-state index in [0.717, 1.165) is 19.3 Å². The van der Waals surface area contributed by atoms with Crippen molar-refractivity contribution in [1.82, 2.24) is 5.32 Å². The Morgan fingerprint density at radius 3 is 2.53 bits per heavy atom. The van der Waals surface area contributed by atoms with E-state index >= 15 is 0 Å². The quantitative estimate of drug-likeness (QED) is 0.830. The molecule has 0 aliphatic heterocycles. The van der Waals surface area contributed by atoms with E-state index in [0.29, 0.717) is 24.0 Å². The minimum Gasteiger partial charge on any atom is -0.481 e. The van der Waals surface area contributed by atoms with Crippen molar-refractivity contribution in [3.8, 4) is 0 Å². The molecule has 0 heterocycles. The fourth-order valence-corrected chi connectivity index (χ4v) is 4.45. The molecule has 2 saturated carbocycles. The van der Waals surface area contributed by atoms with E-state index in [1.54, 1.807) is 11.8 Å². The van der Waals surface area contributed by atoms with Crippen LogP contribution in [0.1, 0.15) is 39.0 Å². The average molecular weight is 285 g/mol. The van der Waals surface area contributed by atoms with Crippen LogP contribution in [0.5, 0.6) is 0 Å². The number of hydrogen-bond donors (Lipinski definition) is 2. The first-order chi connectivity index (χ1) is 9.02. The number of rotatable bonds is 4. The summed E-state index contributed by atoms with van der Waals surface area (Å²) in [5, 5.41) is 12.8. The van der Waals surface area contributed by atoms with Gasteiger partial charge in [0.05, 0.1) is 11.8 Å². The summed E-state index contributed by atoms with van der Waals surface area (Å²) < 4.78 is 0. The van der Waals surface area contributed by atoms with Crippen LogP contribution in [0.2, 0.25) is 0 Å². The Balaban J connectivity index is 1.97. The molecule has 0 aromatic carbocycles. The van der Waals surface area contributed by atoms with Gasteiger partial charge in [-0.05, 0) is 37.9 Å². The number of carboxylic acid groups (broad SMARTS) is 1. The number of aliphatic carboxylic acids is 1. The largest absolute Gasteiger partial charge is 0.481 e. The Hall–Kier alpha value is -0.710. The van der Waals surface area contributed by atoms with Crippen LogP contribution >= 0.6 is 11.8 Å². The smallest absolute Gasteiger partial charge is 0.307 e. The Bertz CT molecular complexity index is 361. The van der Waals surface area contributed by atoms with Gasteiger partial charge in [-0.1, -0.05) is 13.3 Å². The molecule has 19 heavy (non-hydrogen) atoms. The minimum absolute atomic E-state index is 0.0392. The number of carbonyl (C=O) groups is 2. The van der Waals surface area contributed by atoms with Gasteiger partial charge < -0.3 is 10.4 Å². The molecule has 2 rings (SSSR count). The van der Waals surface area contributed by atoms with Gasteiger partial charge in [0.25, 0.3) is 0 Å². The topological polar surface area (TPSA) is 66.4 Å². The molecule has 4 nitrogen and oxygen atoms in total. The molecule has 1 amide bonds. The van der Waals surface area contributed by atoms with E-state index in [4.69, 9.17) is 0 Å². The lowest BCUT2D eigenvalue weighted by atomic mass is 9.95. The zero-order valence-electron chi connectivity index (χ0n) is 11.6. The third-order valence-electron chi connectivity index (χ3n) is 4.54. The summed E-state index contributed by atoms with van der Waals surface area (Å²) in [6.07, 6.45) is 6.74. The highest BCUT2D eigenvalue weighted by Gasteiger charge is 2.42. The molecule has 5 heteroatoms.